The van der Waals surface area contributed by atoms with E-state index >= 15 is 0 Å². The van der Waals surface area contributed by atoms with E-state index < -0.39 is 10.0 Å². The summed E-state index contributed by atoms with van der Waals surface area (Å²) in [7, 11) is -3.18. The molecule has 3 aliphatic rings. The van der Waals surface area contributed by atoms with E-state index in [1.54, 1.807) is 0 Å². The lowest BCUT2D eigenvalue weighted by Gasteiger charge is -2.39. The van der Waals surface area contributed by atoms with Crippen molar-refractivity contribution in [3.05, 3.63) is 0 Å². The first-order valence-electron chi connectivity index (χ1n) is 8.06. The van der Waals surface area contributed by atoms with Crippen molar-refractivity contribution >= 4 is 16.1 Å². The van der Waals surface area contributed by atoms with E-state index in [-0.39, 0.29) is 18.1 Å². The van der Waals surface area contributed by atoms with Crippen molar-refractivity contribution in [3.63, 3.8) is 0 Å². The fourth-order valence-electron chi connectivity index (χ4n) is 3.60. The summed E-state index contributed by atoms with van der Waals surface area (Å²) in [5.74, 6) is 0.180. The normalized spacial score (nSPS) is 31.0. The Kier molecular flexibility index (Phi) is 4.61. The molecule has 0 aliphatic carbocycles. The number of sulfonamides is 1. The maximum atomic E-state index is 12.5. The molecule has 0 N–H and O–H groups in total. The van der Waals surface area contributed by atoms with Crippen LogP contribution in [-0.2, 0) is 14.8 Å². The van der Waals surface area contributed by atoms with Crippen molar-refractivity contribution in [2.24, 2.45) is 5.92 Å². The number of likely N-dealkylation sites (tertiary alicyclic amines) is 2. The smallest absolute Gasteiger partial charge is 0.320 e. The third kappa shape index (κ3) is 3.38. The number of nitrogens with zero attached hydrogens (tertiary/aromatic N) is 3. The molecule has 126 valence electrons. The number of hydrogen-bond donors (Lipinski definition) is 0. The van der Waals surface area contributed by atoms with Gasteiger partial charge in [-0.3, -0.25) is 0 Å². The Labute approximate surface area is 132 Å². The summed E-state index contributed by atoms with van der Waals surface area (Å²) in [5, 5.41) is 0. The third-order valence-corrected chi connectivity index (χ3v) is 6.19. The molecule has 0 unspecified atom stereocenters. The van der Waals surface area contributed by atoms with Gasteiger partial charge in [-0.1, -0.05) is 0 Å². The van der Waals surface area contributed by atoms with Crippen LogP contribution in [0.15, 0.2) is 0 Å². The summed E-state index contributed by atoms with van der Waals surface area (Å²) in [6.07, 6.45) is 4.18. The molecule has 0 bridgehead atoms. The molecule has 7 nitrogen and oxygen atoms in total. The van der Waals surface area contributed by atoms with Gasteiger partial charge in [-0.25, -0.2) is 13.2 Å². The zero-order valence-electron chi connectivity index (χ0n) is 13.1. The molecule has 3 saturated heterocycles. The van der Waals surface area contributed by atoms with Gasteiger partial charge in [0.2, 0.25) is 10.0 Å². The lowest BCUT2D eigenvalue weighted by molar-refractivity contribution is -0.0143. The Morgan fingerprint density at radius 1 is 1.05 bits per heavy atom. The first-order valence-corrected chi connectivity index (χ1v) is 9.90. The number of ether oxygens (including phenoxy) is 1. The molecule has 0 spiro atoms. The number of amides is 2. The molecule has 2 amide bonds. The minimum absolute atomic E-state index is 0.0490. The van der Waals surface area contributed by atoms with Crippen LogP contribution in [0.3, 0.4) is 0 Å². The Morgan fingerprint density at radius 3 is 2.45 bits per heavy atom. The van der Waals surface area contributed by atoms with Crippen LogP contribution in [0.2, 0.25) is 0 Å². The van der Waals surface area contributed by atoms with Gasteiger partial charge in [0.15, 0.2) is 0 Å². The average Bonchev–Trinajstić information content (AvgIpc) is 2.91. The first kappa shape index (κ1) is 16.0. The number of hydrogen-bond acceptors (Lipinski definition) is 4. The van der Waals surface area contributed by atoms with E-state index in [9.17, 15) is 13.2 Å². The number of carbonyl (C=O) groups excluding carboxylic acids is 1. The van der Waals surface area contributed by atoms with E-state index in [2.05, 4.69) is 0 Å². The van der Waals surface area contributed by atoms with E-state index in [0.29, 0.717) is 32.8 Å². The second-order valence-electron chi connectivity index (χ2n) is 6.50. The van der Waals surface area contributed by atoms with Crippen molar-refractivity contribution in [1.29, 1.82) is 0 Å². The van der Waals surface area contributed by atoms with Crippen molar-refractivity contribution < 1.29 is 17.9 Å². The van der Waals surface area contributed by atoms with Gasteiger partial charge < -0.3 is 14.5 Å². The van der Waals surface area contributed by atoms with Crippen LogP contribution in [0.4, 0.5) is 4.79 Å². The van der Waals surface area contributed by atoms with E-state index in [4.69, 9.17) is 4.74 Å². The van der Waals surface area contributed by atoms with E-state index in [0.717, 1.165) is 32.4 Å². The molecule has 0 aromatic rings. The van der Waals surface area contributed by atoms with Crippen molar-refractivity contribution in [2.45, 2.75) is 25.4 Å². The number of urea groups is 1. The fourth-order valence-corrected chi connectivity index (χ4v) is 4.47. The van der Waals surface area contributed by atoms with Gasteiger partial charge in [0.1, 0.15) is 0 Å². The average molecular weight is 331 g/mol. The van der Waals surface area contributed by atoms with E-state index in [1.807, 2.05) is 9.80 Å². The maximum absolute atomic E-state index is 12.5. The maximum Gasteiger partial charge on any atom is 0.320 e. The summed E-state index contributed by atoms with van der Waals surface area (Å²) in [6, 6.07) is 0.115. The Balaban J connectivity index is 1.63. The molecule has 2 atom stereocenters. The highest BCUT2D eigenvalue weighted by Gasteiger charge is 2.38. The van der Waals surface area contributed by atoms with E-state index in [1.165, 1.54) is 10.6 Å². The zero-order valence-corrected chi connectivity index (χ0v) is 13.9. The van der Waals surface area contributed by atoms with Crippen LogP contribution in [0.1, 0.15) is 19.3 Å². The van der Waals surface area contributed by atoms with Gasteiger partial charge >= 0.3 is 6.03 Å². The molecule has 3 heterocycles. The number of carbonyl (C=O) groups is 1. The van der Waals surface area contributed by atoms with Crippen LogP contribution in [0, 0.1) is 5.92 Å². The quantitative estimate of drug-likeness (QED) is 0.687. The molecular formula is C14H25N3O4S. The van der Waals surface area contributed by atoms with Crippen LogP contribution in [0.25, 0.3) is 0 Å². The minimum Gasteiger partial charge on any atom is -0.375 e. The molecule has 22 heavy (non-hydrogen) atoms. The van der Waals surface area contributed by atoms with Gasteiger partial charge in [-0.05, 0) is 19.3 Å². The van der Waals surface area contributed by atoms with Gasteiger partial charge in [-0.15, -0.1) is 0 Å². The summed E-state index contributed by atoms with van der Waals surface area (Å²) in [6.45, 7) is 4.30. The lowest BCUT2D eigenvalue weighted by atomic mass is 9.94. The van der Waals surface area contributed by atoms with Crippen molar-refractivity contribution in [2.75, 3.05) is 52.1 Å². The monoisotopic (exact) mass is 331 g/mol. The largest absolute Gasteiger partial charge is 0.375 e. The fraction of sp³-hybridized carbons (Fsp3) is 0.929. The summed E-state index contributed by atoms with van der Waals surface area (Å²) in [4.78, 5) is 16.3. The van der Waals surface area contributed by atoms with Crippen LogP contribution in [0.5, 0.6) is 0 Å². The van der Waals surface area contributed by atoms with Crippen LogP contribution >= 0.6 is 0 Å². The molecular weight excluding hydrogens is 306 g/mol. The van der Waals surface area contributed by atoms with Crippen LogP contribution < -0.4 is 0 Å². The predicted octanol–water partition coefficient (Wildman–Crippen LogP) is 0.185. The summed E-state index contributed by atoms with van der Waals surface area (Å²) >= 11 is 0. The number of fused-ring (bicyclic) bond motifs is 1. The lowest BCUT2D eigenvalue weighted by Crippen LogP contribution is -2.52. The first-order chi connectivity index (χ1) is 10.4. The molecule has 3 aliphatic heterocycles. The molecule has 0 saturated carbocycles. The summed E-state index contributed by atoms with van der Waals surface area (Å²) < 4.78 is 30.9. The second-order valence-corrected chi connectivity index (χ2v) is 8.48. The Hall–Kier alpha value is -0.860. The Morgan fingerprint density at radius 2 is 1.77 bits per heavy atom. The van der Waals surface area contributed by atoms with Crippen LogP contribution in [-0.4, -0.2) is 86.8 Å². The third-order valence-electron chi connectivity index (χ3n) is 4.92. The number of rotatable bonds is 1. The predicted molar refractivity (Wildman–Crippen MR) is 82.0 cm³/mol. The van der Waals surface area contributed by atoms with Crippen molar-refractivity contribution in [3.8, 4) is 0 Å². The highest BCUT2D eigenvalue weighted by Crippen LogP contribution is 2.26. The Bertz CT molecular complexity index is 518. The van der Waals surface area contributed by atoms with Crippen molar-refractivity contribution in [1.82, 2.24) is 14.1 Å². The zero-order chi connectivity index (χ0) is 15.7. The van der Waals surface area contributed by atoms with Gasteiger partial charge in [0, 0.05) is 45.2 Å². The second kappa shape index (κ2) is 6.33. The minimum atomic E-state index is -3.18. The molecule has 3 fully saturated rings. The number of piperidine rings is 1. The topological polar surface area (TPSA) is 70.2 Å². The van der Waals surface area contributed by atoms with Gasteiger partial charge in [-0.2, -0.15) is 4.31 Å². The standard InChI is InChI=1S/C14H25N3O4S/c1-22(19,20)17-8-9-21-13-11-16(7-4-12(13)10-17)14(18)15-5-2-3-6-15/h12-13H,2-11H2,1H3/t12-,13-/m1/s1. The van der Waals surface area contributed by atoms with Gasteiger partial charge in [0.25, 0.3) is 0 Å². The summed E-state index contributed by atoms with van der Waals surface area (Å²) in [5.41, 5.74) is 0. The highest BCUT2D eigenvalue weighted by atomic mass is 32.2. The molecule has 0 radical (unpaired) electrons. The highest BCUT2D eigenvalue weighted by molar-refractivity contribution is 7.88. The molecule has 0 aromatic heterocycles. The molecule has 3 rings (SSSR count). The van der Waals surface area contributed by atoms with Gasteiger partial charge in [0.05, 0.1) is 19.0 Å². The SMILES string of the molecule is CS(=O)(=O)N1CCO[C@@H]2CN(C(=O)N3CCCC3)CC[C@@H]2C1. The molecule has 0 aromatic carbocycles. The molecule has 8 heteroatoms.